The molecule has 5 heteroatoms. The molecule has 0 aliphatic carbocycles. The third-order valence-electron chi connectivity index (χ3n) is 3.11. The van der Waals surface area contributed by atoms with Crippen molar-refractivity contribution in [3.8, 4) is 0 Å². The standard InChI is InChI=1S/C16H12FN3O/c17-13-4-2-1-3-12(13)16(21)20-10-11-5-6-14-15(9-11)19-8-7-18-14/h1-9H,10H2,(H,20,21). The first-order valence-electron chi connectivity index (χ1n) is 6.46. The lowest BCUT2D eigenvalue weighted by molar-refractivity contribution is 0.0947. The molecule has 0 aliphatic rings. The van der Waals surface area contributed by atoms with E-state index >= 15 is 0 Å². The number of rotatable bonds is 3. The van der Waals surface area contributed by atoms with Gasteiger partial charge in [-0.25, -0.2) is 4.39 Å². The first kappa shape index (κ1) is 13.2. The highest BCUT2D eigenvalue weighted by Gasteiger charge is 2.10. The van der Waals surface area contributed by atoms with E-state index in [1.165, 1.54) is 12.1 Å². The average molecular weight is 281 g/mol. The molecular weight excluding hydrogens is 269 g/mol. The van der Waals surface area contributed by atoms with Crippen molar-refractivity contribution in [2.45, 2.75) is 6.54 Å². The number of carbonyl (C=O) groups is 1. The summed E-state index contributed by atoms with van der Waals surface area (Å²) in [4.78, 5) is 20.3. The van der Waals surface area contributed by atoms with Gasteiger partial charge in [0.25, 0.3) is 5.91 Å². The molecule has 0 saturated carbocycles. The molecule has 0 radical (unpaired) electrons. The van der Waals surface area contributed by atoms with Gasteiger partial charge in [-0.1, -0.05) is 18.2 Å². The lowest BCUT2D eigenvalue weighted by Gasteiger charge is -2.06. The molecule has 0 unspecified atom stereocenters. The monoisotopic (exact) mass is 281 g/mol. The second-order valence-corrected chi connectivity index (χ2v) is 4.54. The third-order valence-corrected chi connectivity index (χ3v) is 3.11. The summed E-state index contributed by atoms with van der Waals surface area (Å²) in [7, 11) is 0. The largest absolute Gasteiger partial charge is 0.348 e. The van der Waals surface area contributed by atoms with Crippen molar-refractivity contribution < 1.29 is 9.18 Å². The number of nitrogens with zero attached hydrogens (tertiary/aromatic N) is 2. The van der Waals surface area contributed by atoms with E-state index < -0.39 is 11.7 Å². The summed E-state index contributed by atoms with van der Waals surface area (Å²) in [5.41, 5.74) is 2.47. The molecule has 2 aromatic carbocycles. The molecule has 0 atom stereocenters. The Kier molecular flexibility index (Phi) is 3.55. The minimum Gasteiger partial charge on any atom is -0.348 e. The summed E-state index contributed by atoms with van der Waals surface area (Å²) >= 11 is 0. The fourth-order valence-corrected chi connectivity index (χ4v) is 2.04. The van der Waals surface area contributed by atoms with Crippen molar-refractivity contribution in [2.24, 2.45) is 0 Å². The lowest BCUT2D eigenvalue weighted by atomic mass is 10.1. The summed E-state index contributed by atoms with van der Waals surface area (Å²) in [5, 5.41) is 2.69. The Balaban J connectivity index is 1.74. The Hall–Kier alpha value is -2.82. The maximum Gasteiger partial charge on any atom is 0.254 e. The Labute approximate surface area is 120 Å². The summed E-state index contributed by atoms with van der Waals surface area (Å²) in [6.45, 7) is 0.305. The maximum absolute atomic E-state index is 13.5. The molecule has 0 spiro atoms. The number of benzene rings is 2. The number of fused-ring (bicyclic) bond motifs is 1. The van der Waals surface area contributed by atoms with Gasteiger partial charge in [-0.3, -0.25) is 14.8 Å². The van der Waals surface area contributed by atoms with Crippen LogP contribution >= 0.6 is 0 Å². The van der Waals surface area contributed by atoms with Crippen LogP contribution in [0.3, 0.4) is 0 Å². The predicted molar refractivity (Wildman–Crippen MR) is 77.1 cm³/mol. The highest BCUT2D eigenvalue weighted by Crippen LogP contribution is 2.11. The zero-order valence-corrected chi connectivity index (χ0v) is 11.1. The second kappa shape index (κ2) is 5.66. The van der Waals surface area contributed by atoms with Crippen LogP contribution in [0.2, 0.25) is 0 Å². The number of halogens is 1. The van der Waals surface area contributed by atoms with E-state index in [0.29, 0.717) is 6.54 Å². The molecule has 3 aromatic rings. The zero-order chi connectivity index (χ0) is 14.7. The van der Waals surface area contributed by atoms with Gasteiger partial charge in [0.05, 0.1) is 16.6 Å². The van der Waals surface area contributed by atoms with Crippen molar-refractivity contribution in [1.82, 2.24) is 15.3 Å². The van der Waals surface area contributed by atoms with Gasteiger partial charge < -0.3 is 5.32 Å². The van der Waals surface area contributed by atoms with Crippen LogP contribution in [0.5, 0.6) is 0 Å². The molecule has 3 rings (SSSR count). The third kappa shape index (κ3) is 2.86. The van der Waals surface area contributed by atoms with Gasteiger partial charge in [0.15, 0.2) is 0 Å². The Morgan fingerprint density at radius 1 is 1.05 bits per heavy atom. The number of hydrogen-bond donors (Lipinski definition) is 1. The molecule has 1 heterocycles. The zero-order valence-electron chi connectivity index (χ0n) is 11.1. The van der Waals surface area contributed by atoms with Crippen LogP contribution < -0.4 is 5.32 Å². The van der Waals surface area contributed by atoms with E-state index in [1.807, 2.05) is 18.2 Å². The van der Waals surface area contributed by atoms with E-state index in [0.717, 1.165) is 16.6 Å². The minimum atomic E-state index is -0.528. The van der Waals surface area contributed by atoms with Crippen molar-refractivity contribution >= 4 is 16.9 Å². The molecule has 1 amide bonds. The molecule has 21 heavy (non-hydrogen) atoms. The maximum atomic E-state index is 13.5. The molecule has 0 fully saturated rings. The van der Waals surface area contributed by atoms with Gasteiger partial charge in [0.1, 0.15) is 5.82 Å². The van der Waals surface area contributed by atoms with Crippen molar-refractivity contribution in [3.63, 3.8) is 0 Å². The molecule has 0 bridgehead atoms. The Bertz CT molecular complexity index is 804. The van der Waals surface area contributed by atoms with Crippen molar-refractivity contribution in [3.05, 3.63) is 71.8 Å². The van der Waals surface area contributed by atoms with Gasteiger partial charge in [-0.15, -0.1) is 0 Å². The lowest BCUT2D eigenvalue weighted by Crippen LogP contribution is -2.23. The van der Waals surface area contributed by atoms with Crippen LogP contribution in [0.25, 0.3) is 11.0 Å². The Morgan fingerprint density at radius 3 is 2.62 bits per heavy atom. The van der Waals surface area contributed by atoms with Gasteiger partial charge in [0, 0.05) is 18.9 Å². The summed E-state index contributed by atoms with van der Waals surface area (Å²) in [6.07, 6.45) is 3.24. The summed E-state index contributed by atoms with van der Waals surface area (Å²) in [5.74, 6) is -0.966. The quantitative estimate of drug-likeness (QED) is 0.803. The van der Waals surface area contributed by atoms with Crippen LogP contribution in [0, 0.1) is 5.82 Å². The van der Waals surface area contributed by atoms with Crippen molar-refractivity contribution in [1.29, 1.82) is 0 Å². The highest BCUT2D eigenvalue weighted by atomic mass is 19.1. The van der Waals surface area contributed by atoms with Gasteiger partial charge in [0.2, 0.25) is 0 Å². The topological polar surface area (TPSA) is 54.9 Å². The van der Waals surface area contributed by atoms with Gasteiger partial charge >= 0.3 is 0 Å². The summed E-state index contributed by atoms with van der Waals surface area (Å²) in [6, 6.07) is 11.4. The van der Waals surface area contributed by atoms with Crippen LogP contribution in [0.4, 0.5) is 4.39 Å². The van der Waals surface area contributed by atoms with Crippen molar-refractivity contribution in [2.75, 3.05) is 0 Å². The minimum absolute atomic E-state index is 0.0399. The van der Waals surface area contributed by atoms with Crippen LogP contribution in [-0.4, -0.2) is 15.9 Å². The first-order valence-corrected chi connectivity index (χ1v) is 6.46. The molecule has 1 N–H and O–H groups in total. The summed E-state index contributed by atoms with van der Waals surface area (Å²) < 4.78 is 13.5. The van der Waals surface area contributed by atoms with E-state index in [-0.39, 0.29) is 5.56 Å². The number of carbonyl (C=O) groups excluding carboxylic acids is 1. The predicted octanol–water partition coefficient (Wildman–Crippen LogP) is 2.70. The molecule has 1 aromatic heterocycles. The van der Waals surface area contributed by atoms with Gasteiger partial charge in [-0.2, -0.15) is 0 Å². The molecular formula is C16H12FN3O. The average Bonchev–Trinajstić information content (AvgIpc) is 2.53. The number of amides is 1. The van der Waals surface area contributed by atoms with E-state index in [9.17, 15) is 9.18 Å². The first-order chi connectivity index (χ1) is 10.2. The molecule has 4 nitrogen and oxygen atoms in total. The molecule has 104 valence electrons. The second-order valence-electron chi connectivity index (χ2n) is 4.54. The van der Waals surface area contributed by atoms with Crippen LogP contribution in [-0.2, 0) is 6.54 Å². The van der Waals surface area contributed by atoms with E-state index in [2.05, 4.69) is 15.3 Å². The fourth-order valence-electron chi connectivity index (χ4n) is 2.04. The number of nitrogens with one attached hydrogen (secondary N) is 1. The molecule has 0 aliphatic heterocycles. The van der Waals surface area contributed by atoms with Crippen LogP contribution in [0.1, 0.15) is 15.9 Å². The Morgan fingerprint density at radius 2 is 1.81 bits per heavy atom. The highest BCUT2D eigenvalue weighted by molar-refractivity contribution is 5.94. The van der Waals surface area contributed by atoms with Crippen LogP contribution in [0.15, 0.2) is 54.9 Å². The molecule has 0 saturated heterocycles. The van der Waals surface area contributed by atoms with Gasteiger partial charge in [-0.05, 0) is 29.8 Å². The normalized spacial score (nSPS) is 10.5. The van der Waals surface area contributed by atoms with E-state index in [4.69, 9.17) is 0 Å². The smallest absolute Gasteiger partial charge is 0.254 e. The fraction of sp³-hybridized carbons (Fsp3) is 0.0625. The van der Waals surface area contributed by atoms with E-state index in [1.54, 1.807) is 24.5 Å². The number of hydrogen-bond acceptors (Lipinski definition) is 3. The SMILES string of the molecule is O=C(NCc1ccc2nccnc2c1)c1ccccc1F. The number of aromatic nitrogens is 2.